The molecule has 1 aliphatic rings. The highest BCUT2D eigenvalue weighted by Crippen LogP contribution is 2.31. The molecule has 1 fully saturated rings. The van der Waals surface area contributed by atoms with Crippen LogP contribution in [-0.4, -0.2) is 27.3 Å². The highest BCUT2D eigenvalue weighted by atomic mass is 19.1. The number of amides is 1. The number of aromatic amines is 1. The summed E-state index contributed by atoms with van der Waals surface area (Å²) in [6.07, 6.45) is 3.31. The Bertz CT molecular complexity index is 683. The van der Waals surface area contributed by atoms with Gasteiger partial charge >= 0.3 is 0 Å². The number of likely N-dealkylation sites (tertiary alicyclic amines) is 1. The number of carbonyl (C=O) groups excluding carboxylic acids is 1. The second-order valence-electron chi connectivity index (χ2n) is 5.23. The van der Waals surface area contributed by atoms with Crippen LogP contribution in [0.5, 0.6) is 0 Å². The Morgan fingerprint density at radius 3 is 2.90 bits per heavy atom. The number of H-pyrrole nitrogens is 1. The minimum Gasteiger partial charge on any atom is -0.344 e. The van der Waals surface area contributed by atoms with Gasteiger partial charge in [0, 0.05) is 24.5 Å². The average molecular weight is 291 g/mol. The Morgan fingerprint density at radius 2 is 2.24 bits per heavy atom. The zero-order valence-corrected chi connectivity index (χ0v) is 11.6. The van der Waals surface area contributed by atoms with Crippen LogP contribution in [0.4, 0.5) is 8.78 Å². The predicted molar refractivity (Wildman–Crippen MR) is 72.7 cm³/mol. The normalized spacial score (nSPS) is 18.2. The molecule has 0 bridgehead atoms. The number of aryl methyl sites for hydroxylation is 1. The summed E-state index contributed by atoms with van der Waals surface area (Å²) in [4.78, 5) is 21.5. The van der Waals surface area contributed by atoms with Gasteiger partial charge in [0.1, 0.15) is 17.5 Å². The van der Waals surface area contributed by atoms with Gasteiger partial charge in [0.05, 0.1) is 11.6 Å². The monoisotopic (exact) mass is 291 g/mol. The summed E-state index contributed by atoms with van der Waals surface area (Å²) in [6, 6.07) is 2.83. The van der Waals surface area contributed by atoms with Crippen LogP contribution in [0.2, 0.25) is 0 Å². The van der Waals surface area contributed by atoms with Gasteiger partial charge in [-0.3, -0.25) is 4.79 Å². The third-order valence-corrected chi connectivity index (χ3v) is 3.71. The van der Waals surface area contributed by atoms with E-state index in [1.54, 1.807) is 11.1 Å². The standard InChI is InChI=1S/C15H15F2N3O/c1-9-8-18-14(19-9)13-3-2-6-20(13)15(21)11-5-4-10(16)7-12(11)17/h4-5,7-8,13H,2-3,6H2,1H3,(H,18,19)/t13-/m0/s1. The van der Waals surface area contributed by atoms with Crippen LogP contribution in [0.3, 0.4) is 0 Å². The summed E-state index contributed by atoms with van der Waals surface area (Å²) in [6.45, 7) is 2.43. The number of imidazole rings is 1. The molecule has 21 heavy (non-hydrogen) atoms. The summed E-state index contributed by atoms with van der Waals surface area (Å²) < 4.78 is 26.7. The van der Waals surface area contributed by atoms with Crippen LogP contribution in [0, 0.1) is 18.6 Å². The first kappa shape index (κ1) is 13.7. The van der Waals surface area contributed by atoms with Crippen LogP contribution in [0.1, 0.15) is 40.8 Å². The average Bonchev–Trinajstić information content (AvgIpc) is 3.06. The molecule has 1 aliphatic heterocycles. The minimum absolute atomic E-state index is 0.105. The van der Waals surface area contributed by atoms with Gasteiger partial charge in [-0.25, -0.2) is 13.8 Å². The lowest BCUT2D eigenvalue weighted by atomic mass is 10.1. The van der Waals surface area contributed by atoms with E-state index >= 15 is 0 Å². The van der Waals surface area contributed by atoms with Gasteiger partial charge in [-0.15, -0.1) is 0 Å². The largest absolute Gasteiger partial charge is 0.344 e. The molecule has 1 aromatic carbocycles. The lowest BCUT2D eigenvalue weighted by Crippen LogP contribution is -2.31. The maximum Gasteiger partial charge on any atom is 0.257 e. The zero-order chi connectivity index (χ0) is 15.0. The molecule has 4 nitrogen and oxygen atoms in total. The number of hydrogen-bond donors (Lipinski definition) is 1. The van der Waals surface area contributed by atoms with Gasteiger partial charge in [-0.2, -0.15) is 0 Å². The minimum atomic E-state index is -0.832. The van der Waals surface area contributed by atoms with Crippen molar-refractivity contribution in [2.75, 3.05) is 6.54 Å². The van der Waals surface area contributed by atoms with E-state index in [1.807, 2.05) is 6.92 Å². The lowest BCUT2D eigenvalue weighted by molar-refractivity contribution is 0.0725. The van der Waals surface area contributed by atoms with E-state index in [1.165, 1.54) is 6.07 Å². The molecular weight excluding hydrogens is 276 g/mol. The fraction of sp³-hybridized carbons (Fsp3) is 0.333. The molecule has 1 N–H and O–H groups in total. The predicted octanol–water partition coefficient (Wildman–Crippen LogP) is 2.97. The number of halogens is 2. The molecule has 2 heterocycles. The summed E-state index contributed by atoms with van der Waals surface area (Å²) in [5.41, 5.74) is 0.809. The van der Waals surface area contributed by atoms with Gasteiger partial charge in [0.25, 0.3) is 5.91 Å². The first-order valence-corrected chi connectivity index (χ1v) is 6.84. The molecule has 1 amide bonds. The highest BCUT2D eigenvalue weighted by Gasteiger charge is 2.33. The molecule has 6 heteroatoms. The fourth-order valence-electron chi connectivity index (χ4n) is 2.71. The quantitative estimate of drug-likeness (QED) is 0.924. The topological polar surface area (TPSA) is 49.0 Å². The molecule has 1 atom stereocenters. The molecule has 3 rings (SSSR count). The van der Waals surface area contributed by atoms with Crippen LogP contribution in [0.15, 0.2) is 24.4 Å². The number of hydrogen-bond acceptors (Lipinski definition) is 2. The van der Waals surface area contributed by atoms with E-state index in [4.69, 9.17) is 0 Å². The third-order valence-electron chi connectivity index (χ3n) is 3.71. The van der Waals surface area contributed by atoms with E-state index in [0.717, 1.165) is 30.7 Å². The van der Waals surface area contributed by atoms with Crippen molar-refractivity contribution in [1.82, 2.24) is 14.9 Å². The van der Waals surface area contributed by atoms with Crippen LogP contribution < -0.4 is 0 Å². The van der Waals surface area contributed by atoms with Gasteiger partial charge in [0.2, 0.25) is 0 Å². The van der Waals surface area contributed by atoms with Crippen molar-refractivity contribution in [1.29, 1.82) is 0 Å². The number of nitrogens with zero attached hydrogens (tertiary/aromatic N) is 2. The molecule has 0 spiro atoms. The number of aromatic nitrogens is 2. The Balaban J connectivity index is 1.89. The fourth-order valence-corrected chi connectivity index (χ4v) is 2.71. The zero-order valence-electron chi connectivity index (χ0n) is 11.6. The SMILES string of the molecule is Cc1cnc([C@@H]2CCCN2C(=O)c2ccc(F)cc2F)[nH]1. The van der Waals surface area contributed by atoms with E-state index in [0.29, 0.717) is 12.4 Å². The van der Waals surface area contributed by atoms with Crippen molar-refractivity contribution in [2.24, 2.45) is 0 Å². The molecular formula is C15H15F2N3O. The number of nitrogens with one attached hydrogen (secondary N) is 1. The third kappa shape index (κ3) is 2.53. The number of benzene rings is 1. The molecule has 0 saturated carbocycles. The highest BCUT2D eigenvalue weighted by molar-refractivity contribution is 5.94. The van der Waals surface area contributed by atoms with Crippen LogP contribution in [-0.2, 0) is 0 Å². The summed E-state index contributed by atoms with van der Waals surface area (Å²) in [5, 5.41) is 0. The molecule has 0 radical (unpaired) electrons. The summed E-state index contributed by atoms with van der Waals surface area (Å²) >= 11 is 0. The molecule has 2 aromatic rings. The molecule has 1 aromatic heterocycles. The molecule has 0 aliphatic carbocycles. The molecule has 110 valence electrons. The number of rotatable bonds is 2. The van der Waals surface area contributed by atoms with Crippen molar-refractivity contribution >= 4 is 5.91 Å². The molecule has 1 saturated heterocycles. The maximum absolute atomic E-state index is 13.8. The molecule has 0 unspecified atom stereocenters. The lowest BCUT2D eigenvalue weighted by Gasteiger charge is -2.23. The van der Waals surface area contributed by atoms with Gasteiger partial charge < -0.3 is 9.88 Å². The van der Waals surface area contributed by atoms with Crippen molar-refractivity contribution in [2.45, 2.75) is 25.8 Å². The number of carbonyl (C=O) groups is 1. The summed E-state index contributed by atoms with van der Waals surface area (Å²) in [5.74, 6) is -1.24. The Hall–Kier alpha value is -2.24. The van der Waals surface area contributed by atoms with E-state index in [2.05, 4.69) is 9.97 Å². The van der Waals surface area contributed by atoms with Crippen LogP contribution in [0.25, 0.3) is 0 Å². The van der Waals surface area contributed by atoms with Gasteiger partial charge in [0.15, 0.2) is 0 Å². The van der Waals surface area contributed by atoms with Crippen molar-refractivity contribution < 1.29 is 13.6 Å². The van der Waals surface area contributed by atoms with Crippen molar-refractivity contribution in [3.63, 3.8) is 0 Å². The van der Waals surface area contributed by atoms with Gasteiger partial charge in [-0.1, -0.05) is 0 Å². The Labute approximate surface area is 120 Å². The Morgan fingerprint density at radius 1 is 1.43 bits per heavy atom. The van der Waals surface area contributed by atoms with Gasteiger partial charge in [-0.05, 0) is 31.9 Å². The second kappa shape index (κ2) is 5.27. The first-order valence-electron chi connectivity index (χ1n) is 6.84. The van der Waals surface area contributed by atoms with Crippen molar-refractivity contribution in [3.05, 3.63) is 53.1 Å². The smallest absolute Gasteiger partial charge is 0.257 e. The summed E-state index contributed by atoms with van der Waals surface area (Å²) in [7, 11) is 0. The van der Waals surface area contributed by atoms with E-state index in [-0.39, 0.29) is 11.6 Å². The first-order chi connectivity index (χ1) is 10.1. The van der Waals surface area contributed by atoms with E-state index in [9.17, 15) is 13.6 Å². The Kier molecular flexibility index (Phi) is 3.45. The second-order valence-corrected chi connectivity index (χ2v) is 5.23. The van der Waals surface area contributed by atoms with E-state index < -0.39 is 17.5 Å². The maximum atomic E-state index is 13.8. The van der Waals surface area contributed by atoms with Crippen LogP contribution >= 0.6 is 0 Å². The van der Waals surface area contributed by atoms with Crippen molar-refractivity contribution in [3.8, 4) is 0 Å².